The van der Waals surface area contributed by atoms with Crippen LogP contribution in [0.5, 0.6) is 0 Å². The lowest BCUT2D eigenvalue weighted by Crippen LogP contribution is -2.49. The van der Waals surface area contributed by atoms with Gasteiger partial charge in [0.1, 0.15) is 0 Å². The molecule has 1 spiro atoms. The van der Waals surface area contributed by atoms with Crippen molar-refractivity contribution in [3.63, 3.8) is 0 Å². The van der Waals surface area contributed by atoms with E-state index >= 15 is 0 Å². The molecule has 2 heterocycles. The Bertz CT molecular complexity index is 659. The molecule has 2 saturated heterocycles. The maximum absolute atomic E-state index is 5.99. The second-order valence-corrected chi connectivity index (χ2v) is 7.24. The molecule has 2 aromatic rings. The van der Waals surface area contributed by atoms with E-state index in [1.807, 2.05) is 24.3 Å². The standard InChI is InChI=1S/C21H24O4/c1-15-5-3-7-17(9-15)19-22-11-21(12-23-19)13-24-20(25-14-21)18-8-4-6-16(2)10-18/h3-10,19-20H,11-14H2,1-2H3. The zero-order valence-corrected chi connectivity index (χ0v) is 14.7. The average Bonchev–Trinajstić information content (AvgIpc) is 2.63. The Labute approximate surface area is 148 Å². The molecule has 0 bridgehead atoms. The van der Waals surface area contributed by atoms with Crippen LogP contribution >= 0.6 is 0 Å². The van der Waals surface area contributed by atoms with Gasteiger partial charge in [-0.15, -0.1) is 0 Å². The first-order valence-corrected chi connectivity index (χ1v) is 8.73. The summed E-state index contributed by atoms with van der Waals surface area (Å²) in [6, 6.07) is 16.5. The van der Waals surface area contributed by atoms with Gasteiger partial charge in [0.05, 0.1) is 31.8 Å². The van der Waals surface area contributed by atoms with Crippen molar-refractivity contribution in [1.29, 1.82) is 0 Å². The molecular formula is C21H24O4. The number of hydrogen-bond donors (Lipinski definition) is 0. The first kappa shape index (κ1) is 16.7. The molecule has 0 amide bonds. The summed E-state index contributed by atoms with van der Waals surface area (Å²) in [6.07, 6.45) is -0.611. The Balaban J connectivity index is 1.36. The fraction of sp³-hybridized carbons (Fsp3) is 0.429. The molecule has 2 aliphatic heterocycles. The number of rotatable bonds is 2. The van der Waals surface area contributed by atoms with Crippen LogP contribution in [0.15, 0.2) is 48.5 Å². The lowest BCUT2D eigenvalue weighted by atomic mass is 9.90. The van der Waals surface area contributed by atoms with E-state index in [1.54, 1.807) is 0 Å². The molecule has 2 aromatic carbocycles. The molecule has 0 aromatic heterocycles. The summed E-state index contributed by atoms with van der Waals surface area (Å²) in [4.78, 5) is 0. The minimum Gasteiger partial charge on any atom is -0.348 e. The molecule has 2 aliphatic rings. The van der Waals surface area contributed by atoms with Crippen molar-refractivity contribution < 1.29 is 18.9 Å². The molecule has 0 N–H and O–H groups in total. The molecule has 25 heavy (non-hydrogen) atoms. The predicted molar refractivity (Wildman–Crippen MR) is 94.1 cm³/mol. The van der Waals surface area contributed by atoms with Crippen molar-refractivity contribution in [3.8, 4) is 0 Å². The minimum absolute atomic E-state index is 0.222. The van der Waals surface area contributed by atoms with E-state index in [0.29, 0.717) is 26.4 Å². The Morgan fingerprint density at radius 3 is 1.44 bits per heavy atom. The van der Waals surface area contributed by atoms with Crippen molar-refractivity contribution in [3.05, 3.63) is 70.8 Å². The Morgan fingerprint density at radius 1 is 0.680 bits per heavy atom. The Hall–Kier alpha value is -1.72. The highest BCUT2D eigenvalue weighted by atomic mass is 16.7. The minimum atomic E-state index is -0.306. The van der Waals surface area contributed by atoms with Gasteiger partial charge >= 0.3 is 0 Å². The number of benzene rings is 2. The largest absolute Gasteiger partial charge is 0.348 e. The van der Waals surface area contributed by atoms with Gasteiger partial charge < -0.3 is 18.9 Å². The monoisotopic (exact) mass is 340 g/mol. The topological polar surface area (TPSA) is 36.9 Å². The summed E-state index contributed by atoms with van der Waals surface area (Å²) in [5.74, 6) is 0. The van der Waals surface area contributed by atoms with Crippen LogP contribution in [0.2, 0.25) is 0 Å². The van der Waals surface area contributed by atoms with E-state index in [0.717, 1.165) is 11.1 Å². The van der Waals surface area contributed by atoms with Crippen molar-refractivity contribution in [2.45, 2.75) is 26.4 Å². The summed E-state index contributed by atoms with van der Waals surface area (Å²) in [7, 11) is 0. The highest BCUT2D eigenvalue weighted by molar-refractivity contribution is 5.24. The van der Waals surface area contributed by atoms with Crippen LogP contribution in [0.25, 0.3) is 0 Å². The van der Waals surface area contributed by atoms with Crippen LogP contribution in [0.3, 0.4) is 0 Å². The fourth-order valence-corrected chi connectivity index (χ4v) is 3.37. The lowest BCUT2D eigenvalue weighted by molar-refractivity contribution is -0.307. The Morgan fingerprint density at radius 2 is 1.08 bits per heavy atom. The zero-order valence-electron chi connectivity index (χ0n) is 14.7. The average molecular weight is 340 g/mol. The first-order valence-electron chi connectivity index (χ1n) is 8.73. The highest BCUT2D eigenvalue weighted by Crippen LogP contribution is 2.38. The second-order valence-electron chi connectivity index (χ2n) is 7.24. The van der Waals surface area contributed by atoms with Crippen molar-refractivity contribution in [2.75, 3.05) is 26.4 Å². The second kappa shape index (κ2) is 6.89. The summed E-state index contributed by atoms with van der Waals surface area (Å²) in [5.41, 5.74) is 4.31. The van der Waals surface area contributed by atoms with E-state index < -0.39 is 0 Å². The zero-order chi connectivity index (χ0) is 17.3. The SMILES string of the molecule is Cc1cccc(C2OCC3(CO2)COC(c2cccc(C)c2)OC3)c1. The third kappa shape index (κ3) is 3.62. The third-order valence-corrected chi connectivity index (χ3v) is 4.79. The fourth-order valence-electron chi connectivity index (χ4n) is 3.37. The van der Waals surface area contributed by atoms with Gasteiger partial charge in [0.15, 0.2) is 12.6 Å². The molecule has 132 valence electrons. The van der Waals surface area contributed by atoms with Crippen molar-refractivity contribution in [2.24, 2.45) is 5.41 Å². The van der Waals surface area contributed by atoms with Crippen LogP contribution in [-0.4, -0.2) is 26.4 Å². The van der Waals surface area contributed by atoms with E-state index in [1.165, 1.54) is 11.1 Å². The molecule has 4 heteroatoms. The molecule has 0 saturated carbocycles. The molecule has 0 unspecified atom stereocenters. The van der Waals surface area contributed by atoms with Gasteiger partial charge in [0.25, 0.3) is 0 Å². The summed E-state index contributed by atoms with van der Waals surface area (Å²) in [5, 5.41) is 0. The van der Waals surface area contributed by atoms with Crippen molar-refractivity contribution in [1.82, 2.24) is 0 Å². The van der Waals surface area contributed by atoms with Crippen LogP contribution in [0.4, 0.5) is 0 Å². The highest BCUT2D eigenvalue weighted by Gasteiger charge is 2.42. The maximum Gasteiger partial charge on any atom is 0.183 e. The van der Waals surface area contributed by atoms with Gasteiger partial charge in [-0.05, 0) is 13.8 Å². The first-order chi connectivity index (χ1) is 12.1. The number of ether oxygens (including phenoxy) is 4. The summed E-state index contributed by atoms with van der Waals surface area (Å²) in [6.45, 7) is 6.45. The predicted octanol–water partition coefficient (Wildman–Crippen LogP) is 4.08. The number of aryl methyl sites for hydroxylation is 2. The quantitative estimate of drug-likeness (QED) is 0.825. The maximum atomic E-state index is 5.99. The van der Waals surface area contributed by atoms with E-state index in [-0.39, 0.29) is 18.0 Å². The molecule has 0 atom stereocenters. The van der Waals surface area contributed by atoms with Gasteiger partial charge in [0, 0.05) is 11.1 Å². The van der Waals surface area contributed by atoms with Crippen molar-refractivity contribution >= 4 is 0 Å². The van der Waals surface area contributed by atoms with Gasteiger partial charge in [-0.1, -0.05) is 59.7 Å². The van der Waals surface area contributed by atoms with E-state index in [2.05, 4.69) is 38.1 Å². The summed E-state index contributed by atoms with van der Waals surface area (Å²) >= 11 is 0. The molecule has 4 nitrogen and oxygen atoms in total. The normalized spacial score (nSPS) is 29.7. The molecule has 4 rings (SSSR count). The number of hydrogen-bond acceptors (Lipinski definition) is 4. The molecule has 0 aliphatic carbocycles. The molecular weight excluding hydrogens is 316 g/mol. The smallest absolute Gasteiger partial charge is 0.183 e. The molecule has 0 radical (unpaired) electrons. The Kier molecular flexibility index (Phi) is 4.61. The van der Waals surface area contributed by atoms with Crippen LogP contribution in [0, 0.1) is 19.3 Å². The van der Waals surface area contributed by atoms with Gasteiger partial charge in [0.2, 0.25) is 0 Å². The van der Waals surface area contributed by atoms with E-state index in [4.69, 9.17) is 18.9 Å². The van der Waals surface area contributed by atoms with Gasteiger partial charge in [-0.3, -0.25) is 0 Å². The third-order valence-electron chi connectivity index (χ3n) is 4.79. The van der Waals surface area contributed by atoms with Gasteiger partial charge in [-0.2, -0.15) is 0 Å². The molecule has 2 fully saturated rings. The van der Waals surface area contributed by atoms with Crippen LogP contribution in [-0.2, 0) is 18.9 Å². The van der Waals surface area contributed by atoms with Crippen LogP contribution < -0.4 is 0 Å². The van der Waals surface area contributed by atoms with Crippen LogP contribution in [0.1, 0.15) is 34.8 Å². The lowest BCUT2D eigenvalue weighted by Gasteiger charge is -2.43. The summed E-state index contributed by atoms with van der Waals surface area (Å²) < 4.78 is 24.0. The van der Waals surface area contributed by atoms with E-state index in [9.17, 15) is 0 Å². The van der Waals surface area contributed by atoms with Gasteiger partial charge in [-0.25, -0.2) is 0 Å².